The number of amides is 2. The lowest BCUT2D eigenvalue weighted by atomic mass is 10.1. The molecule has 0 aliphatic carbocycles. The van der Waals surface area contributed by atoms with Gasteiger partial charge in [0.05, 0.1) is 19.6 Å². The number of carbonyl (C=O) groups excluding carboxylic acids is 3. The van der Waals surface area contributed by atoms with E-state index in [4.69, 9.17) is 4.74 Å². The fourth-order valence-corrected chi connectivity index (χ4v) is 2.17. The van der Waals surface area contributed by atoms with Crippen molar-refractivity contribution in [3.05, 3.63) is 0 Å². The zero-order valence-electron chi connectivity index (χ0n) is 13.7. The molecule has 0 aromatic heterocycles. The Hall–Kier alpha value is -1.63. The van der Waals surface area contributed by atoms with Crippen molar-refractivity contribution in [1.29, 1.82) is 0 Å². The van der Waals surface area contributed by atoms with Gasteiger partial charge in [-0.15, -0.1) is 0 Å². The molecule has 1 unspecified atom stereocenters. The van der Waals surface area contributed by atoms with Crippen LogP contribution in [0.4, 0.5) is 0 Å². The predicted octanol–water partition coefficient (Wildman–Crippen LogP) is -0.0977. The van der Waals surface area contributed by atoms with Crippen LogP contribution in [-0.4, -0.2) is 61.5 Å². The number of carbonyl (C=O) groups is 3. The summed E-state index contributed by atoms with van der Waals surface area (Å²) in [5, 5.41) is 5.72. The average Bonchev–Trinajstić information content (AvgIpc) is 2.47. The first-order valence-electron chi connectivity index (χ1n) is 7.89. The van der Waals surface area contributed by atoms with Crippen molar-refractivity contribution in [3.63, 3.8) is 0 Å². The van der Waals surface area contributed by atoms with E-state index < -0.39 is 12.0 Å². The molecular weight excluding hydrogens is 286 g/mol. The Bertz CT molecular complexity index is 398. The molecule has 7 heteroatoms. The number of nitrogens with zero attached hydrogens (tertiary/aromatic N) is 1. The van der Waals surface area contributed by atoms with E-state index in [1.54, 1.807) is 0 Å². The van der Waals surface area contributed by atoms with E-state index in [1.165, 1.54) is 4.90 Å². The van der Waals surface area contributed by atoms with E-state index in [0.717, 1.165) is 13.0 Å². The van der Waals surface area contributed by atoms with E-state index in [9.17, 15) is 14.4 Å². The van der Waals surface area contributed by atoms with Crippen molar-refractivity contribution >= 4 is 17.8 Å². The van der Waals surface area contributed by atoms with Gasteiger partial charge in [0.1, 0.15) is 6.04 Å². The van der Waals surface area contributed by atoms with Gasteiger partial charge in [0, 0.05) is 13.1 Å². The maximum absolute atomic E-state index is 12.2. The Balaban J connectivity index is 2.59. The number of hydrogen-bond acceptors (Lipinski definition) is 5. The monoisotopic (exact) mass is 313 g/mol. The van der Waals surface area contributed by atoms with Crippen LogP contribution in [-0.2, 0) is 19.1 Å². The van der Waals surface area contributed by atoms with Gasteiger partial charge in [-0.1, -0.05) is 20.8 Å². The minimum absolute atomic E-state index is 0.0991. The molecule has 1 saturated heterocycles. The van der Waals surface area contributed by atoms with Crippen LogP contribution in [0.25, 0.3) is 0 Å². The van der Waals surface area contributed by atoms with E-state index in [-0.39, 0.29) is 30.7 Å². The van der Waals surface area contributed by atoms with Crippen molar-refractivity contribution in [1.82, 2.24) is 15.5 Å². The summed E-state index contributed by atoms with van der Waals surface area (Å²) in [6, 6.07) is -0.774. The van der Waals surface area contributed by atoms with Gasteiger partial charge in [-0.2, -0.15) is 0 Å². The quantitative estimate of drug-likeness (QED) is 0.483. The lowest BCUT2D eigenvalue weighted by Crippen LogP contribution is -2.59. The highest BCUT2D eigenvalue weighted by Gasteiger charge is 2.34. The summed E-state index contributed by atoms with van der Waals surface area (Å²) < 4.78 is 5.11. The van der Waals surface area contributed by atoms with Crippen molar-refractivity contribution in [2.75, 3.05) is 32.8 Å². The highest BCUT2D eigenvalue weighted by molar-refractivity contribution is 5.92. The molecule has 1 aliphatic heterocycles. The molecule has 22 heavy (non-hydrogen) atoms. The fourth-order valence-electron chi connectivity index (χ4n) is 2.17. The highest BCUT2D eigenvalue weighted by atomic mass is 16.5. The van der Waals surface area contributed by atoms with Crippen molar-refractivity contribution < 1.29 is 19.1 Å². The maximum Gasteiger partial charge on any atom is 0.308 e. The van der Waals surface area contributed by atoms with Crippen molar-refractivity contribution in [3.8, 4) is 0 Å². The normalized spacial score (nSPS) is 18.3. The second-order valence-electron chi connectivity index (χ2n) is 5.85. The Morgan fingerprint density at radius 2 is 2.18 bits per heavy atom. The molecule has 1 rings (SSSR count). The van der Waals surface area contributed by atoms with Gasteiger partial charge >= 0.3 is 5.97 Å². The van der Waals surface area contributed by atoms with Gasteiger partial charge in [0.2, 0.25) is 11.8 Å². The third-order valence-electron chi connectivity index (χ3n) is 3.29. The molecule has 0 bridgehead atoms. The van der Waals surface area contributed by atoms with Crippen LogP contribution in [0, 0.1) is 5.92 Å². The molecule has 126 valence electrons. The smallest absolute Gasteiger partial charge is 0.308 e. The average molecular weight is 313 g/mol. The van der Waals surface area contributed by atoms with Crippen LogP contribution >= 0.6 is 0 Å². The standard InChI is InChI=1S/C15H27N3O4/c1-4-5-16-9-13(19)18-7-6-17-15(21)12(18)8-14(20)22-10-11(2)3/h11-12,16H,4-10H2,1-3H3,(H,17,21). The lowest BCUT2D eigenvalue weighted by Gasteiger charge is -2.34. The third-order valence-corrected chi connectivity index (χ3v) is 3.29. The lowest BCUT2D eigenvalue weighted by molar-refractivity contribution is -0.152. The van der Waals surface area contributed by atoms with Gasteiger partial charge < -0.3 is 20.3 Å². The molecule has 1 aliphatic rings. The molecule has 2 amide bonds. The number of rotatable bonds is 8. The largest absolute Gasteiger partial charge is 0.465 e. The summed E-state index contributed by atoms with van der Waals surface area (Å²) in [6.07, 6.45) is 0.830. The summed E-state index contributed by atoms with van der Waals surface area (Å²) >= 11 is 0. The molecule has 1 fully saturated rings. The van der Waals surface area contributed by atoms with Gasteiger partial charge in [0.15, 0.2) is 0 Å². The van der Waals surface area contributed by atoms with E-state index in [2.05, 4.69) is 10.6 Å². The molecule has 1 heterocycles. The van der Waals surface area contributed by atoms with Crippen LogP contribution in [0.5, 0.6) is 0 Å². The second-order valence-corrected chi connectivity index (χ2v) is 5.85. The summed E-state index contributed by atoms with van der Waals surface area (Å²) in [4.78, 5) is 37.5. The Morgan fingerprint density at radius 3 is 2.82 bits per heavy atom. The summed E-state index contributed by atoms with van der Waals surface area (Å²) in [5.74, 6) is -0.670. The van der Waals surface area contributed by atoms with Gasteiger partial charge in [-0.3, -0.25) is 14.4 Å². The zero-order valence-corrected chi connectivity index (χ0v) is 13.7. The minimum atomic E-state index is -0.774. The summed E-state index contributed by atoms with van der Waals surface area (Å²) in [6.45, 7) is 7.96. The first kappa shape index (κ1) is 18.4. The predicted molar refractivity (Wildman–Crippen MR) is 82.1 cm³/mol. The SMILES string of the molecule is CCCNCC(=O)N1CCNC(=O)C1CC(=O)OCC(C)C. The molecule has 0 saturated carbocycles. The molecule has 7 nitrogen and oxygen atoms in total. The summed E-state index contributed by atoms with van der Waals surface area (Å²) in [7, 11) is 0. The number of ether oxygens (including phenoxy) is 1. The molecule has 0 spiro atoms. The van der Waals surface area contributed by atoms with Crippen molar-refractivity contribution in [2.45, 2.75) is 39.7 Å². The van der Waals surface area contributed by atoms with Crippen molar-refractivity contribution in [2.24, 2.45) is 5.92 Å². The maximum atomic E-state index is 12.2. The Morgan fingerprint density at radius 1 is 1.45 bits per heavy atom. The zero-order chi connectivity index (χ0) is 16.5. The van der Waals surface area contributed by atoms with Crippen LogP contribution < -0.4 is 10.6 Å². The van der Waals surface area contributed by atoms with Crippen LogP contribution in [0.3, 0.4) is 0 Å². The molecule has 1 atom stereocenters. The fraction of sp³-hybridized carbons (Fsp3) is 0.800. The van der Waals surface area contributed by atoms with Gasteiger partial charge in [0.25, 0.3) is 0 Å². The Kier molecular flexibility index (Phi) is 7.87. The molecule has 0 radical (unpaired) electrons. The third kappa shape index (κ3) is 6.01. The van der Waals surface area contributed by atoms with Crippen LogP contribution in [0.2, 0.25) is 0 Å². The van der Waals surface area contributed by atoms with Gasteiger partial charge in [-0.05, 0) is 18.9 Å². The number of piperazine rings is 1. The minimum Gasteiger partial charge on any atom is -0.465 e. The molecular formula is C15H27N3O4. The number of hydrogen-bond donors (Lipinski definition) is 2. The molecule has 2 N–H and O–H groups in total. The van der Waals surface area contributed by atoms with Crippen LogP contribution in [0.15, 0.2) is 0 Å². The van der Waals surface area contributed by atoms with Gasteiger partial charge in [-0.25, -0.2) is 0 Å². The second kappa shape index (κ2) is 9.40. The highest BCUT2D eigenvalue weighted by Crippen LogP contribution is 2.11. The summed E-state index contributed by atoms with van der Waals surface area (Å²) in [5.41, 5.74) is 0. The van der Waals surface area contributed by atoms with E-state index in [0.29, 0.717) is 19.7 Å². The first-order valence-corrected chi connectivity index (χ1v) is 7.89. The number of nitrogens with one attached hydrogen (secondary N) is 2. The van der Waals surface area contributed by atoms with Crippen LogP contribution in [0.1, 0.15) is 33.6 Å². The Labute approximate surface area is 131 Å². The van der Waals surface area contributed by atoms with E-state index >= 15 is 0 Å². The molecule has 0 aromatic rings. The number of esters is 1. The first-order chi connectivity index (χ1) is 10.5. The topological polar surface area (TPSA) is 87.7 Å². The van der Waals surface area contributed by atoms with E-state index in [1.807, 2.05) is 20.8 Å². The molecule has 0 aromatic carbocycles.